The van der Waals surface area contributed by atoms with Gasteiger partial charge in [-0.05, 0) is 51.2 Å². The van der Waals surface area contributed by atoms with Crippen LogP contribution in [0.5, 0.6) is 0 Å². The summed E-state index contributed by atoms with van der Waals surface area (Å²) in [5.74, 6) is 1.64. The maximum absolute atomic E-state index is 10.0. The highest BCUT2D eigenvalue weighted by Crippen LogP contribution is 2.35. The van der Waals surface area contributed by atoms with Gasteiger partial charge in [0.2, 0.25) is 0 Å². The molecule has 0 bridgehead atoms. The lowest BCUT2D eigenvalue weighted by Gasteiger charge is -2.26. The normalized spacial score (nSPS) is 28.8. The van der Waals surface area contributed by atoms with E-state index in [1.807, 2.05) is 2.90 Å². The number of aliphatic hydroxyl groups is 1. The van der Waals surface area contributed by atoms with E-state index in [0.717, 1.165) is 26.2 Å². The molecule has 2 saturated heterocycles. The van der Waals surface area contributed by atoms with Gasteiger partial charge in [-0.15, -0.1) is 0 Å². The van der Waals surface area contributed by atoms with Gasteiger partial charge in [0, 0.05) is 63.6 Å². The zero-order valence-corrected chi connectivity index (χ0v) is 20.1. The Hall–Kier alpha value is -0.220. The van der Waals surface area contributed by atoms with Crippen molar-refractivity contribution in [2.75, 3.05) is 59.5 Å². The van der Waals surface area contributed by atoms with Crippen LogP contribution in [0.2, 0.25) is 0 Å². The monoisotopic (exact) mass is 515 g/mol. The SMILES string of the molecule is CN1CCCN(CC2CN(Cc3cn(I)nc3C3CCCCC3)CC2CO)CC1. The molecule has 2 unspecified atom stereocenters. The molecule has 0 spiro atoms. The number of halogens is 1. The number of aliphatic hydroxyl groups excluding tert-OH is 1. The average Bonchev–Trinajstić information content (AvgIpc) is 3.21. The van der Waals surface area contributed by atoms with Crippen molar-refractivity contribution in [1.29, 1.82) is 0 Å². The smallest absolute Gasteiger partial charge is 0.0843 e. The van der Waals surface area contributed by atoms with Crippen molar-refractivity contribution in [3.05, 3.63) is 17.5 Å². The van der Waals surface area contributed by atoms with Gasteiger partial charge in [-0.25, -0.2) is 2.90 Å². The van der Waals surface area contributed by atoms with Crippen LogP contribution in [0.4, 0.5) is 0 Å². The fourth-order valence-electron chi connectivity index (χ4n) is 5.67. The third-order valence-electron chi connectivity index (χ3n) is 7.37. The summed E-state index contributed by atoms with van der Waals surface area (Å²) >= 11 is 2.30. The lowest BCUT2D eigenvalue weighted by molar-refractivity contribution is 0.165. The Balaban J connectivity index is 1.37. The molecule has 2 atom stereocenters. The van der Waals surface area contributed by atoms with Crippen molar-refractivity contribution in [1.82, 2.24) is 22.7 Å². The van der Waals surface area contributed by atoms with Gasteiger partial charge in [0.05, 0.1) is 28.6 Å². The molecule has 6 nitrogen and oxygen atoms in total. The first-order chi connectivity index (χ1) is 14.1. The first kappa shape index (κ1) is 22.0. The first-order valence-electron chi connectivity index (χ1n) is 11.6. The van der Waals surface area contributed by atoms with Crippen molar-refractivity contribution >= 4 is 22.9 Å². The molecule has 2 aliphatic heterocycles. The van der Waals surface area contributed by atoms with Crippen LogP contribution in [0, 0.1) is 11.8 Å². The van der Waals surface area contributed by atoms with Gasteiger partial charge in [-0.1, -0.05) is 19.3 Å². The fraction of sp³-hybridized carbons (Fsp3) is 0.864. The van der Waals surface area contributed by atoms with Gasteiger partial charge in [0.25, 0.3) is 0 Å². The summed E-state index contributed by atoms with van der Waals surface area (Å²) in [6.07, 6.45) is 10.2. The maximum atomic E-state index is 10.0. The molecule has 1 aromatic heterocycles. The van der Waals surface area contributed by atoms with Crippen molar-refractivity contribution < 1.29 is 5.11 Å². The van der Waals surface area contributed by atoms with Crippen molar-refractivity contribution in [2.45, 2.75) is 51.0 Å². The topological polar surface area (TPSA) is 47.8 Å². The highest BCUT2D eigenvalue weighted by molar-refractivity contribution is 14.1. The van der Waals surface area contributed by atoms with Crippen LogP contribution in [0.25, 0.3) is 0 Å². The van der Waals surface area contributed by atoms with Crippen LogP contribution in [0.15, 0.2) is 6.20 Å². The standard InChI is InChI=1S/C22H38IN5O/c1-25-8-5-9-26(11-10-25)12-19-13-27(15-21(19)17-29)14-20-16-28(23)24-22(20)18-6-3-2-4-7-18/h16,18-19,21,29H,2-15,17H2,1H3. The first-order valence-corrected chi connectivity index (χ1v) is 12.6. The van der Waals surface area contributed by atoms with Crippen molar-refractivity contribution in [2.24, 2.45) is 11.8 Å². The molecule has 3 heterocycles. The zero-order valence-electron chi connectivity index (χ0n) is 18.0. The summed E-state index contributed by atoms with van der Waals surface area (Å²) < 4.78 is 1.99. The van der Waals surface area contributed by atoms with Gasteiger partial charge in [-0.2, -0.15) is 5.10 Å². The number of likely N-dealkylation sites (tertiary alicyclic amines) is 1. The molecular formula is C22H38IN5O. The van der Waals surface area contributed by atoms with Gasteiger partial charge >= 0.3 is 0 Å². The number of likely N-dealkylation sites (N-methyl/N-ethyl adjacent to an activating group) is 1. The van der Waals surface area contributed by atoms with Crippen LogP contribution in [0.1, 0.15) is 55.7 Å². The molecule has 164 valence electrons. The largest absolute Gasteiger partial charge is 0.396 e. The van der Waals surface area contributed by atoms with E-state index < -0.39 is 0 Å². The molecule has 0 amide bonds. The van der Waals surface area contributed by atoms with Crippen LogP contribution in [0.3, 0.4) is 0 Å². The Morgan fingerprint density at radius 2 is 1.79 bits per heavy atom. The molecule has 7 heteroatoms. The quantitative estimate of drug-likeness (QED) is 0.591. The summed E-state index contributed by atoms with van der Waals surface area (Å²) in [7, 11) is 2.23. The van der Waals surface area contributed by atoms with Crippen molar-refractivity contribution in [3.8, 4) is 0 Å². The molecular weight excluding hydrogens is 477 g/mol. The molecule has 3 fully saturated rings. The minimum atomic E-state index is 0.315. The van der Waals surface area contributed by atoms with E-state index in [-0.39, 0.29) is 0 Å². The summed E-state index contributed by atoms with van der Waals surface area (Å²) in [4.78, 5) is 7.66. The van der Waals surface area contributed by atoms with E-state index in [1.54, 1.807) is 0 Å². The Kier molecular flexibility index (Phi) is 7.88. The number of hydrogen-bond donors (Lipinski definition) is 1. The minimum Gasteiger partial charge on any atom is -0.396 e. The average molecular weight is 515 g/mol. The summed E-state index contributed by atoms with van der Waals surface area (Å²) in [6, 6.07) is 0. The van der Waals surface area contributed by atoms with E-state index in [4.69, 9.17) is 5.10 Å². The van der Waals surface area contributed by atoms with Crippen LogP contribution in [-0.2, 0) is 6.54 Å². The fourth-order valence-corrected chi connectivity index (χ4v) is 6.23. The van der Waals surface area contributed by atoms with E-state index in [2.05, 4.69) is 50.8 Å². The molecule has 1 saturated carbocycles. The van der Waals surface area contributed by atoms with Gasteiger partial charge in [0.1, 0.15) is 0 Å². The van der Waals surface area contributed by atoms with Crippen LogP contribution in [-0.4, -0.2) is 87.3 Å². The zero-order chi connectivity index (χ0) is 20.2. The van der Waals surface area contributed by atoms with E-state index in [9.17, 15) is 5.11 Å². The second-order valence-electron chi connectivity index (χ2n) is 9.62. The predicted octanol–water partition coefficient (Wildman–Crippen LogP) is 2.81. The summed E-state index contributed by atoms with van der Waals surface area (Å²) in [5, 5.41) is 14.9. The number of aromatic nitrogens is 2. The van der Waals surface area contributed by atoms with E-state index in [1.165, 1.54) is 76.0 Å². The van der Waals surface area contributed by atoms with Gasteiger partial charge < -0.3 is 14.9 Å². The minimum absolute atomic E-state index is 0.315. The van der Waals surface area contributed by atoms with Crippen LogP contribution < -0.4 is 0 Å². The molecule has 0 radical (unpaired) electrons. The Bertz CT molecular complexity index is 647. The lowest BCUT2D eigenvalue weighted by Crippen LogP contribution is -2.36. The number of hydrogen-bond acceptors (Lipinski definition) is 5. The third kappa shape index (κ3) is 5.73. The van der Waals surface area contributed by atoms with E-state index in [0.29, 0.717) is 24.4 Å². The Morgan fingerprint density at radius 1 is 1.00 bits per heavy atom. The Labute approximate surface area is 190 Å². The molecule has 4 rings (SSSR count). The second kappa shape index (κ2) is 10.4. The van der Waals surface area contributed by atoms with Gasteiger partial charge in [0.15, 0.2) is 0 Å². The molecule has 3 aliphatic rings. The lowest BCUT2D eigenvalue weighted by atomic mass is 9.85. The molecule has 29 heavy (non-hydrogen) atoms. The van der Waals surface area contributed by atoms with Gasteiger partial charge in [-0.3, -0.25) is 4.90 Å². The number of nitrogens with zero attached hydrogens (tertiary/aromatic N) is 5. The highest BCUT2D eigenvalue weighted by atomic mass is 127. The predicted molar refractivity (Wildman–Crippen MR) is 125 cm³/mol. The molecule has 0 aromatic carbocycles. The van der Waals surface area contributed by atoms with Crippen molar-refractivity contribution in [3.63, 3.8) is 0 Å². The molecule has 1 aromatic rings. The molecule has 1 aliphatic carbocycles. The highest BCUT2D eigenvalue weighted by Gasteiger charge is 2.34. The maximum Gasteiger partial charge on any atom is 0.0843 e. The van der Waals surface area contributed by atoms with Crippen LogP contribution >= 0.6 is 22.9 Å². The summed E-state index contributed by atoms with van der Waals surface area (Å²) in [6.45, 7) is 9.31. The summed E-state index contributed by atoms with van der Waals surface area (Å²) in [5.41, 5.74) is 2.76. The third-order valence-corrected chi connectivity index (χ3v) is 7.87. The Morgan fingerprint density at radius 3 is 2.59 bits per heavy atom. The second-order valence-corrected chi connectivity index (χ2v) is 10.6. The molecule has 1 N–H and O–H groups in total. The van der Waals surface area contributed by atoms with E-state index >= 15 is 0 Å². The number of rotatable bonds is 6.